The first kappa shape index (κ1) is 20.2. The summed E-state index contributed by atoms with van der Waals surface area (Å²) < 4.78 is 0. The van der Waals surface area contributed by atoms with Gasteiger partial charge in [0.2, 0.25) is 0 Å². The summed E-state index contributed by atoms with van der Waals surface area (Å²) in [6.45, 7) is 8.77. The predicted octanol–water partition coefficient (Wildman–Crippen LogP) is 3.94. The molecule has 0 bridgehead atoms. The summed E-state index contributed by atoms with van der Waals surface area (Å²) in [5, 5.41) is 5.06. The molecule has 2 saturated heterocycles. The number of pyridine rings is 1. The minimum Gasteiger partial charge on any atom is -0.382 e. The Morgan fingerprint density at radius 1 is 1.41 bits per heavy atom. The van der Waals surface area contributed by atoms with E-state index in [9.17, 15) is 0 Å². The maximum atomic E-state index is 6.20. The number of nitrogens with zero attached hydrogens (tertiary/aromatic N) is 4. The summed E-state index contributed by atoms with van der Waals surface area (Å²) in [7, 11) is 0. The Labute approximate surface area is 170 Å². The lowest BCUT2D eigenvalue weighted by Crippen LogP contribution is -2.55. The highest BCUT2D eigenvalue weighted by Crippen LogP contribution is 2.33. The fourth-order valence-electron chi connectivity index (χ4n) is 3.70. The Morgan fingerprint density at radius 3 is 2.85 bits per heavy atom. The second kappa shape index (κ2) is 9.08. The van der Waals surface area contributed by atoms with Crippen molar-refractivity contribution in [3.05, 3.63) is 29.3 Å². The molecule has 0 amide bonds. The Bertz CT molecular complexity index is 732. The molecule has 2 aliphatic heterocycles. The third-order valence-corrected chi connectivity index (χ3v) is 6.76. The topological polar surface area (TPSA) is 78.9 Å². The van der Waals surface area contributed by atoms with Crippen molar-refractivity contribution in [1.82, 2.24) is 15.2 Å². The van der Waals surface area contributed by atoms with Gasteiger partial charge < -0.3 is 16.0 Å². The van der Waals surface area contributed by atoms with Gasteiger partial charge in [-0.05, 0) is 51.9 Å². The number of nitrogens with two attached hydrogens (primary N) is 1. The second-order valence-electron chi connectivity index (χ2n) is 7.06. The average Bonchev–Trinajstić information content (AvgIpc) is 2.68. The van der Waals surface area contributed by atoms with Gasteiger partial charge in [0, 0.05) is 29.7 Å². The van der Waals surface area contributed by atoms with Crippen LogP contribution in [-0.2, 0) is 0 Å². The molecule has 146 valence electrons. The Morgan fingerprint density at radius 2 is 2.19 bits per heavy atom. The summed E-state index contributed by atoms with van der Waals surface area (Å²) in [5.74, 6) is 1.15. The van der Waals surface area contributed by atoms with Crippen molar-refractivity contribution in [2.45, 2.75) is 49.5 Å². The van der Waals surface area contributed by atoms with Gasteiger partial charge >= 0.3 is 0 Å². The highest BCUT2D eigenvalue weighted by Gasteiger charge is 2.35. The smallest absolute Gasteiger partial charge is 0.146 e. The average molecular weight is 407 g/mol. The number of halogens is 1. The van der Waals surface area contributed by atoms with E-state index in [0.29, 0.717) is 16.4 Å². The minimum absolute atomic E-state index is 0.327. The molecule has 0 unspecified atom stereocenters. The van der Waals surface area contributed by atoms with Crippen LogP contribution in [0.15, 0.2) is 39.2 Å². The number of hydrogen-bond donors (Lipinski definition) is 2. The molecule has 0 saturated carbocycles. The van der Waals surface area contributed by atoms with Gasteiger partial charge in [0.25, 0.3) is 0 Å². The van der Waals surface area contributed by atoms with Crippen molar-refractivity contribution >= 4 is 40.9 Å². The first-order valence-corrected chi connectivity index (χ1v) is 10.5. The molecule has 27 heavy (non-hydrogen) atoms. The number of thioether (sulfide) groups is 1. The van der Waals surface area contributed by atoms with E-state index in [0.717, 1.165) is 48.2 Å². The molecular formula is C19H27ClN6S. The van der Waals surface area contributed by atoms with Crippen molar-refractivity contribution in [1.29, 1.82) is 0 Å². The van der Waals surface area contributed by atoms with E-state index in [-0.39, 0.29) is 0 Å². The van der Waals surface area contributed by atoms with Crippen molar-refractivity contribution in [3.8, 4) is 0 Å². The number of anilines is 1. The van der Waals surface area contributed by atoms with Crippen molar-refractivity contribution in [2.24, 2.45) is 9.98 Å². The van der Waals surface area contributed by atoms with E-state index >= 15 is 0 Å². The lowest BCUT2D eigenvalue weighted by Gasteiger charge is -2.45. The molecule has 1 spiro atoms. The lowest BCUT2D eigenvalue weighted by molar-refractivity contribution is 0.133. The number of rotatable bonds is 4. The van der Waals surface area contributed by atoms with Crippen molar-refractivity contribution < 1.29 is 0 Å². The molecular weight excluding hydrogens is 380 g/mol. The fourth-order valence-corrected chi connectivity index (χ4v) is 4.67. The summed E-state index contributed by atoms with van der Waals surface area (Å²) in [6.07, 6.45) is 9.63. The summed E-state index contributed by atoms with van der Waals surface area (Å²) in [6, 6.07) is 1.83. The number of likely N-dealkylation sites (tertiary alicyclic amines) is 1. The Hall–Kier alpha value is -1.57. The third kappa shape index (κ3) is 5.03. The Balaban J connectivity index is 1.63. The van der Waals surface area contributed by atoms with Gasteiger partial charge in [0.15, 0.2) is 0 Å². The van der Waals surface area contributed by atoms with Crippen LogP contribution in [0, 0.1) is 0 Å². The van der Waals surface area contributed by atoms with E-state index in [4.69, 9.17) is 17.3 Å². The van der Waals surface area contributed by atoms with Gasteiger partial charge in [0.05, 0.1) is 16.3 Å². The first-order valence-electron chi connectivity index (χ1n) is 9.32. The molecule has 1 aromatic rings. The molecule has 8 heteroatoms. The zero-order chi connectivity index (χ0) is 19.3. The molecule has 0 radical (unpaired) electrons. The Kier molecular flexibility index (Phi) is 6.78. The lowest BCUT2D eigenvalue weighted by atomic mass is 9.80. The standard InChI is InChI=1S/C19H27ClN6S/c1-14(27-15-5-10-23-18(21)17(15)20)24-13-16(22-2)26-11-7-19(8-12-26)6-3-4-9-25-19/h5,10,13,25H,2-4,6-9,11-12H2,1H3,(H2,21,23)/b16-13+,24-14+. The molecule has 0 aromatic carbocycles. The van der Waals surface area contributed by atoms with E-state index in [1.807, 2.05) is 13.0 Å². The van der Waals surface area contributed by atoms with Gasteiger partial charge in [0.1, 0.15) is 11.6 Å². The van der Waals surface area contributed by atoms with Crippen LogP contribution < -0.4 is 11.1 Å². The van der Waals surface area contributed by atoms with Crippen LogP contribution in [0.4, 0.5) is 5.82 Å². The quantitative estimate of drug-likeness (QED) is 0.450. The van der Waals surface area contributed by atoms with E-state index in [1.54, 1.807) is 12.4 Å². The van der Waals surface area contributed by atoms with Gasteiger partial charge in [-0.3, -0.25) is 4.99 Å². The third-order valence-electron chi connectivity index (χ3n) is 5.29. The van der Waals surface area contributed by atoms with Gasteiger partial charge in [-0.15, -0.1) is 0 Å². The molecule has 0 atom stereocenters. The predicted molar refractivity (Wildman–Crippen MR) is 116 cm³/mol. The van der Waals surface area contributed by atoms with E-state index in [1.165, 1.54) is 31.0 Å². The van der Waals surface area contributed by atoms with E-state index < -0.39 is 0 Å². The summed E-state index contributed by atoms with van der Waals surface area (Å²) >= 11 is 7.66. The zero-order valence-electron chi connectivity index (χ0n) is 15.7. The zero-order valence-corrected chi connectivity index (χ0v) is 17.3. The maximum Gasteiger partial charge on any atom is 0.146 e. The molecule has 1 aromatic heterocycles. The molecule has 2 fully saturated rings. The highest BCUT2D eigenvalue weighted by molar-refractivity contribution is 8.14. The number of hydrogen-bond acceptors (Lipinski definition) is 7. The van der Waals surface area contributed by atoms with Crippen LogP contribution in [0.2, 0.25) is 5.02 Å². The number of nitrogens with one attached hydrogen (secondary N) is 1. The molecule has 3 heterocycles. The molecule has 2 aliphatic rings. The molecule has 0 aliphatic carbocycles. The van der Waals surface area contributed by atoms with Crippen molar-refractivity contribution in [2.75, 3.05) is 25.4 Å². The molecule has 6 nitrogen and oxygen atoms in total. The highest BCUT2D eigenvalue weighted by atomic mass is 35.5. The van der Waals surface area contributed by atoms with Crippen LogP contribution in [0.1, 0.15) is 39.0 Å². The first-order chi connectivity index (χ1) is 13.0. The van der Waals surface area contributed by atoms with Gasteiger partial charge in [-0.1, -0.05) is 29.8 Å². The fraction of sp³-hybridized carbons (Fsp3) is 0.526. The largest absolute Gasteiger partial charge is 0.382 e. The summed E-state index contributed by atoms with van der Waals surface area (Å²) in [4.78, 5) is 15.8. The normalized spacial score (nSPS) is 20.7. The van der Waals surface area contributed by atoms with Gasteiger partial charge in [-0.2, -0.15) is 0 Å². The molecule has 3 rings (SSSR count). The number of aromatic nitrogens is 1. The maximum absolute atomic E-state index is 6.20. The van der Waals surface area contributed by atoms with Crippen LogP contribution >= 0.6 is 23.4 Å². The summed E-state index contributed by atoms with van der Waals surface area (Å²) in [5.41, 5.74) is 6.08. The van der Waals surface area contributed by atoms with Crippen LogP contribution in [0.5, 0.6) is 0 Å². The SMILES string of the molecule is C=N/C(=C\N=C(/C)Sc1ccnc(N)c1Cl)N1CCC2(CCCCN2)CC1. The van der Waals surface area contributed by atoms with Crippen LogP contribution in [0.25, 0.3) is 0 Å². The minimum atomic E-state index is 0.327. The van der Waals surface area contributed by atoms with Crippen LogP contribution in [-0.4, -0.2) is 46.8 Å². The van der Waals surface area contributed by atoms with Crippen molar-refractivity contribution in [3.63, 3.8) is 0 Å². The van der Waals surface area contributed by atoms with E-state index in [2.05, 4.69) is 31.9 Å². The van der Waals surface area contributed by atoms with Gasteiger partial charge in [-0.25, -0.2) is 9.98 Å². The second-order valence-corrected chi connectivity index (χ2v) is 8.67. The molecule has 3 N–H and O–H groups in total. The van der Waals surface area contributed by atoms with Crippen LogP contribution in [0.3, 0.4) is 0 Å². The number of piperidine rings is 2. The number of aliphatic imine (C=N–C) groups is 2. The monoisotopic (exact) mass is 406 g/mol. The number of nitrogen functional groups attached to an aromatic ring is 1.